The molecule has 1 aromatic rings. The van der Waals surface area contributed by atoms with Gasteiger partial charge in [0.05, 0.1) is 13.2 Å². The molecule has 0 unspecified atom stereocenters. The molecule has 0 fully saturated rings. The maximum absolute atomic E-state index is 12.8. The van der Waals surface area contributed by atoms with Crippen LogP contribution >= 0.6 is 0 Å². The third-order valence-electron chi connectivity index (χ3n) is 1.74. The normalized spacial score (nSPS) is 10.0. The molecule has 0 aromatic heterocycles. The van der Waals surface area contributed by atoms with E-state index in [1.165, 1.54) is 25.3 Å². The fourth-order valence-electron chi connectivity index (χ4n) is 0.992. The summed E-state index contributed by atoms with van der Waals surface area (Å²) in [5, 5.41) is 0. The summed E-state index contributed by atoms with van der Waals surface area (Å²) in [7, 11) is 1.53. The van der Waals surface area contributed by atoms with Crippen molar-refractivity contribution in [1.29, 1.82) is 0 Å². The van der Waals surface area contributed by atoms with E-state index in [2.05, 4.69) is 5.48 Å². The topological polar surface area (TPSA) is 56.8 Å². The van der Waals surface area contributed by atoms with Crippen LogP contribution < -0.4 is 10.2 Å². The molecule has 0 saturated carbocycles. The van der Waals surface area contributed by atoms with Crippen molar-refractivity contribution < 1.29 is 23.5 Å². The van der Waals surface area contributed by atoms with E-state index >= 15 is 0 Å². The first-order chi connectivity index (χ1) is 8.22. The van der Waals surface area contributed by atoms with Gasteiger partial charge in [-0.25, -0.2) is 9.87 Å². The minimum atomic E-state index is -0.453. The Bertz CT molecular complexity index is 359. The second-order valence-corrected chi connectivity index (χ2v) is 3.11. The van der Waals surface area contributed by atoms with Crippen LogP contribution in [0.25, 0.3) is 0 Å². The Labute approximate surface area is 98.4 Å². The Morgan fingerprint density at radius 2 is 2.24 bits per heavy atom. The second kappa shape index (κ2) is 7.59. The fraction of sp³-hybridized carbons (Fsp3) is 0.364. The zero-order chi connectivity index (χ0) is 12.5. The van der Waals surface area contributed by atoms with Crippen molar-refractivity contribution in [3.05, 3.63) is 30.1 Å². The molecular formula is C11H14FNO4. The lowest BCUT2D eigenvalue weighted by Gasteiger charge is -2.07. The van der Waals surface area contributed by atoms with Crippen molar-refractivity contribution in [2.45, 2.75) is 0 Å². The highest BCUT2D eigenvalue weighted by molar-refractivity contribution is 5.76. The Balaban J connectivity index is 2.19. The number of rotatable bonds is 7. The number of ether oxygens (including phenoxy) is 2. The van der Waals surface area contributed by atoms with Crippen LogP contribution in [-0.2, 0) is 14.4 Å². The third-order valence-corrected chi connectivity index (χ3v) is 1.74. The lowest BCUT2D eigenvalue weighted by molar-refractivity contribution is -0.136. The van der Waals surface area contributed by atoms with Gasteiger partial charge < -0.3 is 9.47 Å². The summed E-state index contributed by atoms with van der Waals surface area (Å²) in [5.41, 5.74) is 2.16. The van der Waals surface area contributed by atoms with Crippen LogP contribution in [0.3, 0.4) is 0 Å². The van der Waals surface area contributed by atoms with E-state index in [-0.39, 0.29) is 19.0 Å². The highest BCUT2D eigenvalue weighted by Crippen LogP contribution is 2.11. The van der Waals surface area contributed by atoms with E-state index in [0.29, 0.717) is 6.61 Å². The fourth-order valence-corrected chi connectivity index (χ4v) is 0.992. The predicted molar refractivity (Wildman–Crippen MR) is 57.9 cm³/mol. The van der Waals surface area contributed by atoms with Crippen LogP contribution in [0.1, 0.15) is 0 Å². The number of hydrogen-bond acceptors (Lipinski definition) is 4. The van der Waals surface area contributed by atoms with Gasteiger partial charge in [0.2, 0.25) is 0 Å². The maximum Gasteiger partial charge on any atom is 0.281 e. The molecule has 0 aliphatic rings. The van der Waals surface area contributed by atoms with Gasteiger partial charge in [-0.3, -0.25) is 9.63 Å². The summed E-state index contributed by atoms with van der Waals surface area (Å²) in [6, 6.07) is 5.54. The lowest BCUT2D eigenvalue weighted by atomic mass is 10.3. The van der Waals surface area contributed by atoms with E-state index in [4.69, 9.17) is 14.3 Å². The number of carbonyl (C=O) groups excluding carboxylic acids is 1. The Hall–Kier alpha value is -1.66. The standard InChI is InChI=1S/C11H14FNO4/c1-15-5-6-17-13-11(14)8-16-10-4-2-3-9(12)7-10/h2-4,7H,5-6,8H2,1H3,(H,13,14). The van der Waals surface area contributed by atoms with Crippen molar-refractivity contribution in [3.63, 3.8) is 0 Å². The van der Waals surface area contributed by atoms with Crippen molar-refractivity contribution in [2.75, 3.05) is 26.9 Å². The molecule has 0 saturated heterocycles. The van der Waals surface area contributed by atoms with Crippen LogP contribution in [0.2, 0.25) is 0 Å². The number of benzene rings is 1. The molecule has 0 bridgehead atoms. The molecule has 1 aromatic carbocycles. The minimum absolute atomic E-state index is 0.240. The largest absolute Gasteiger partial charge is 0.484 e. The number of halogens is 1. The van der Waals surface area contributed by atoms with Crippen molar-refractivity contribution in [3.8, 4) is 5.75 Å². The van der Waals surface area contributed by atoms with E-state index in [1.807, 2.05) is 0 Å². The van der Waals surface area contributed by atoms with Gasteiger partial charge in [0, 0.05) is 13.2 Å². The number of carbonyl (C=O) groups is 1. The second-order valence-electron chi connectivity index (χ2n) is 3.11. The molecule has 1 rings (SSSR count). The lowest BCUT2D eigenvalue weighted by Crippen LogP contribution is -2.30. The summed E-state index contributed by atoms with van der Waals surface area (Å²) in [6.07, 6.45) is 0. The summed E-state index contributed by atoms with van der Waals surface area (Å²) < 4.78 is 22.5. The average molecular weight is 243 g/mol. The highest BCUT2D eigenvalue weighted by Gasteiger charge is 2.03. The molecule has 0 aliphatic carbocycles. The molecule has 94 valence electrons. The molecule has 0 radical (unpaired) electrons. The number of amides is 1. The molecule has 17 heavy (non-hydrogen) atoms. The van der Waals surface area contributed by atoms with Gasteiger partial charge in [0.1, 0.15) is 11.6 Å². The number of methoxy groups -OCH3 is 1. The molecule has 1 amide bonds. The van der Waals surface area contributed by atoms with Gasteiger partial charge in [-0.15, -0.1) is 0 Å². The van der Waals surface area contributed by atoms with Crippen molar-refractivity contribution in [1.82, 2.24) is 5.48 Å². The van der Waals surface area contributed by atoms with Crippen molar-refractivity contribution in [2.24, 2.45) is 0 Å². The van der Waals surface area contributed by atoms with E-state index in [9.17, 15) is 9.18 Å². The number of hydrogen-bond donors (Lipinski definition) is 1. The molecule has 0 heterocycles. The van der Waals surface area contributed by atoms with Crippen LogP contribution in [-0.4, -0.2) is 32.8 Å². The Kier molecular flexibility index (Phi) is 5.98. The van der Waals surface area contributed by atoms with Crippen LogP contribution in [0.15, 0.2) is 24.3 Å². The Morgan fingerprint density at radius 1 is 1.41 bits per heavy atom. The van der Waals surface area contributed by atoms with Gasteiger partial charge in [0.15, 0.2) is 6.61 Å². The molecule has 0 aliphatic heterocycles. The molecule has 1 N–H and O–H groups in total. The third kappa shape index (κ3) is 5.84. The van der Waals surface area contributed by atoms with Gasteiger partial charge in [0.25, 0.3) is 5.91 Å². The summed E-state index contributed by atoms with van der Waals surface area (Å²) in [5.74, 6) is -0.582. The summed E-state index contributed by atoms with van der Waals surface area (Å²) in [4.78, 5) is 15.9. The van der Waals surface area contributed by atoms with Crippen LogP contribution in [0.4, 0.5) is 4.39 Å². The highest BCUT2D eigenvalue weighted by atomic mass is 19.1. The predicted octanol–water partition coefficient (Wildman–Crippen LogP) is 0.899. The first-order valence-corrected chi connectivity index (χ1v) is 5.00. The van der Waals surface area contributed by atoms with E-state index in [1.54, 1.807) is 6.07 Å². The number of nitrogens with one attached hydrogen (secondary N) is 1. The summed E-state index contributed by atoms with van der Waals surface area (Å²) in [6.45, 7) is 0.393. The van der Waals surface area contributed by atoms with Gasteiger partial charge in [-0.05, 0) is 12.1 Å². The molecular weight excluding hydrogens is 229 g/mol. The molecule has 0 atom stereocenters. The van der Waals surface area contributed by atoms with Crippen molar-refractivity contribution >= 4 is 5.91 Å². The van der Waals surface area contributed by atoms with Gasteiger partial charge in [-0.1, -0.05) is 6.07 Å². The molecule has 5 nitrogen and oxygen atoms in total. The van der Waals surface area contributed by atoms with E-state index < -0.39 is 11.7 Å². The first-order valence-electron chi connectivity index (χ1n) is 5.00. The first kappa shape index (κ1) is 13.4. The SMILES string of the molecule is COCCONC(=O)COc1cccc(F)c1. The Morgan fingerprint density at radius 3 is 2.94 bits per heavy atom. The zero-order valence-corrected chi connectivity index (χ0v) is 9.44. The van der Waals surface area contributed by atoms with Crippen LogP contribution in [0, 0.1) is 5.82 Å². The average Bonchev–Trinajstić information content (AvgIpc) is 2.32. The van der Waals surface area contributed by atoms with E-state index in [0.717, 1.165) is 0 Å². The smallest absolute Gasteiger partial charge is 0.281 e. The minimum Gasteiger partial charge on any atom is -0.484 e. The maximum atomic E-state index is 12.8. The monoisotopic (exact) mass is 243 g/mol. The summed E-state index contributed by atoms with van der Waals surface area (Å²) >= 11 is 0. The van der Waals surface area contributed by atoms with Gasteiger partial charge in [-0.2, -0.15) is 0 Å². The molecule has 6 heteroatoms. The number of hydroxylamine groups is 1. The molecule has 0 spiro atoms. The van der Waals surface area contributed by atoms with Gasteiger partial charge >= 0.3 is 0 Å². The zero-order valence-electron chi connectivity index (χ0n) is 9.44. The quantitative estimate of drug-likeness (QED) is 0.571. The van der Waals surface area contributed by atoms with Crippen LogP contribution in [0.5, 0.6) is 5.75 Å².